The zero-order chi connectivity index (χ0) is 17.4. The van der Waals surface area contributed by atoms with Gasteiger partial charge in [-0.3, -0.25) is 9.59 Å². The maximum absolute atomic E-state index is 12.0. The average molecular weight is 324 g/mol. The SMILES string of the molecule is CC[C@H](CNC(=O)CNC(=O)c1ccc(C)cc1)c1ccccc1. The van der Waals surface area contributed by atoms with Crippen LogP contribution < -0.4 is 10.6 Å². The molecule has 0 aliphatic rings. The van der Waals surface area contributed by atoms with Crippen LogP contribution in [0.15, 0.2) is 54.6 Å². The lowest BCUT2D eigenvalue weighted by atomic mass is 9.96. The molecule has 0 fully saturated rings. The summed E-state index contributed by atoms with van der Waals surface area (Å²) < 4.78 is 0. The first-order valence-corrected chi connectivity index (χ1v) is 8.26. The van der Waals surface area contributed by atoms with Crippen LogP contribution in [0.1, 0.15) is 40.7 Å². The highest BCUT2D eigenvalue weighted by atomic mass is 16.2. The van der Waals surface area contributed by atoms with Gasteiger partial charge in [0.15, 0.2) is 0 Å². The molecule has 4 nitrogen and oxygen atoms in total. The van der Waals surface area contributed by atoms with Crippen LogP contribution in [-0.4, -0.2) is 24.9 Å². The molecular formula is C20H24N2O2. The second-order valence-corrected chi connectivity index (χ2v) is 5.87. The standard InChI is InChI=1S/C20H24N2O2/c1-3-16(17-7-5-4-6-8-17)13-21-19(23)14-22-20(24)18-11-9-15(2)10-12-18/h4-12,16H,3,13-14H2,1-2H3,(H,21,23)(H,22,24)/t16-/m1/s1. The molecule has 0 aliphatic carbocycles. The van der Waals surface area contributed by atoms with E-state index < -0.39 is 0 Å². The van der Waals surface area contributed by atoms with Gasteiger partial charge in [-0.25, -0.2) is 0 Å². The molecule has 0 bridgehead atoms. The highest BCUT2D eigenvalue weighted by Crippen LogP contribution is 2.17. The van der Waals surface area contributed by atoms with Gasteiger partial charge in [-0.05, 0) is 31.0 Å². The summed E-state index contributed by atoms with van der Waals surface area (Å²) in [7, 11) is 0. The quantitative estimate of drug-likeness (QED) is 0.822. The fraction of sp³-hybridized carbons (Fsp3) is 0.300. The first-order valence-electron chi connectivity index (χ1n) is 8.26. The van der Waals surface area contributed by atoms with Crippen LogP contribution in [0.5, 0.6) is 0 Å². The van der Waals surface area contributed by atoms with Crippen molar-refractivity contribution in [3.8, 4) is 0 Å². The molecule has 2 aromatic rings. The molecule has 0 radical (unpaired) electrons. The Balaban J connectivity index is 1.78. The number of carbonyl (C=O) groups is 2. The molecule has 0 spiro atoms. The monoisotopic (exact) mass is 324 g/mol. The van der Waals surface area contributed by atoms with E-state index in [9.17, 15) is 9.59 Å². The van der Waals surface area contributed by atoms with Crippen molar-refractivity contribution in [2.75, 3.05) is 13.1 Å². The van der Waals surface area contributed by atoms with Crippen molar-refractivity contribution in [3.05, 3.63) is 71.3 Å². The number of benzene rings is 2. The van der Waals surface area contributed by atoms with Crippen LogP contribution in [0.4, 0.5) is 0 Å². The van der Waals surface area contributed by atoms with Crippen molar-refractivity contribution in [1.29, 1.82) is 0 Å². The van der Waals surface area contributed by atoms with E-state index in [1.165, 1.54) is 5.56 Å². The fourth-order valence-corrected chi connectivity index (χ4v) is 2.49. The second kappa shape index (κ2) is 8.87. The van der Waals surface area contributed by atoms with Crippen LogP contribution in [0, 0.1) is 6.92 Å². The van der Waals surface area contributed by atoms with Gasteiger partial charge in [-0.1, -0.05) is 55.0 Å². The molecule has 2 amide bonds. The Labute approximate surface area is 143 Å². The van der Waals surface area contributed by atoms with Gasteiger partial charge in [0.1, 0.15) is 0 Å². The Bertz CT molecular complexity index is 666. The van der Waals surface area contributed by atoms with Crippen LogP contribution in [0.2, 0.25) is 0 Å². The summed E-state index contributed by atoms with van der Waals surface area (Å²) in [6, 6.07) is 17.4. The minimum absolute atomic E-state index is 0.0159. The first kappa shape index (κ1) is 17.7. The predicted octanol–water partition coefficient (Wildman–Crippen LogP) is 3.03. The van der Waals surface area contributed by atoms with E-state index in [4.69, 9.17) is 0 Å². The normalized spacial score (nSPS) is 11.6. The molecule has 2 aromatic carbocycles. The van der Waals surface area contributed by atoms with Crippen molar-refractivity contribution < 1.29 is 9.59 Å². The molecule has 0 saturated heterocycles. The molecule has 0 aromatic heterocycles. The Hall–Kier alpha value is -2.62. The third-order valence-corrected chi connectivity index (χ3v) is 4.03. The summed E-state index contributed by atoms with van der Waals surface area (Å²) in [5, 5.41) is 5.54. The van der Waals surface area contributed by atoms with Gasteiger partial charge < -0.3 is 10.6 Å². The molecule has 0 aliphatic heterocycles. The number of rotatable bonds is 7. The number of amides is 2. The maximum Gasteiger partial charge on any atom is 0.251 e. The van der Waals surface area contributed by atoms with Gasteiger partial charge in [0, 0.05) is 18.0 Å². The van der Waals surface area contributed by atoms with E-state index in [0.717, 1.165) is 12.0 Å². The van der Waals surface area contributed by atoms with Crippen molar-refractivity contribution in [2.24, 2.45) is 0 Å². The summed E-state index contributed by atoms with van der Waals surface area (Å²) in [5.41, 5.74) is 2.86. The van der Waals surface area contributed by atoms with E-state index in [1.54, 1.807) is 12.1 Å². The van der Waals surface area contributed by atoms with E-state index >= 15 is 0 Å². The summed E-state index contributed by atoms with van der Waals surface area (Å²) in [5.74, 6) is -0.131. The Morgan fingerprint density at radius 2 is 1.62 bits per heavy atom. The lowest BCUT2D eigenvalue weighted by Crippen LogP contribution is -2.38. The number of hydrogen-bond donors (Lipinski definition) is 2. The Kier molecular flexibility index (Phi) is 6.55. The van der Waals surface area contributed by atoms with Gasteiger partial charge in [-0.2, -0.15) is 0 Å². The smallest absolute Gasteiger partial charge is 0.251 e. The van der Waals surface area contributed by atoms with Crippen LogP contribution in [-0.2, 0) is 4.79 Å². The van der Waals surface area contributed by atoms with Crippen molar-refractivity contribution in [2.45, 2.75) is 26.2 Å². The minimum Gasteiger partial charge on any atom is -0.354 e. The second-order valence-electron chi connectivity index (χ2n) is 5.87. The molecule has 0 unspecified atom stereocenters. The van der Waals surface area contributed by atoms with E-state index in [0.29, 0.717) is 12.1 Å². The van der Waals surface area contributed by atoms with Gasteiger partial charge >= 0.3 is 0 Å². The largest absolute Gasteiger partial charge is 0.354 e. The number of nitrogens with one attached hydrogen (secondary N) is 2. The summed E-state index contributed by atoms with van der Waals surface area (Å²) in [6.45, 7) is 4.62. The van der Waals surface area contributed by atoms with Crippen molar-refractivity contribution in [3.63, 3.8) is 0 Å². The van der Waals surface area contributed by atoms with Crippen LogP contribution in [0.3, 0.4) is 0 Å². The van der Waals surface area contributed by atoms with Gasteiger partial charge in [0.05, 0.1) is 6.54 Å². The summed E-state index contributed by atoms with van der Waals surface area (Å²) >= 11 is 0. The van der Waals surface area contributed by atoms with Crippen molar-refractivity contribution in [1.82, 2.24) is 10.6 Å². The molecule has 0 heterocycles. The number of carbonyl (C=O) groups excluding carboxylic acids is 2. The molecule has 2 rings (SSSR count). The molecule has 0 saturated carbocycles. The molecule has 1 atom stereocenters. The minimum atomic E-state index is -0.236. The lowest BCUT2D eigenvalue weighted by Gasteiger charge is -2.16. The van der Waals surface area contributed by atoms with Crippen molar-refractivity contribution >= 4 is 11.8 Å². The molecule has 24 heavy (non-hydrogen) atoms. The Morgan fingerprint density at radius 1 is 0.958 bits per heavy atom. The van der Waals surface area contributed by atoms with Gasteiger partial charge in [0.2, 0.25) is 5.91 Å². The van der Waals surface area contributed by atoms with E-state index in [-0.39, 0.29) is 24.3 Å². The number of hydrogen-bond acceptors (Lipinski definition) is 2. The van der Waals surface area contributed by atoms with E-state index in [1.807, 2.05) is 37.3 Å². The zero-order valence-electron chi connectivity index (χ0n) is 14.2. The third-order valence-electron chi connectivity index (χ3n) is 4.03. The maximum atomic E-state index is 12.0. The van der Waals surface area contributed by atoms with Gasteiger partial charge in [-0.15, -0.1) is 0 Å². The fourth-order valence-electron chi connectivity index (χ4n) is 2.49. The van der Waals surface area contributed by atoms with Gasteiger partial charge in [0.25, 0.3) is 5.91 Å². The molecule has 2 N–H and O–H groups in total. The van der Waals surface area contributed by atoms with Crippen LogP contribution in [0.25, 0.3) is 0 Å². The molecule has 126 valence electrons. The third kappa shape index (κ3) is 5.23. The Morgan fingerprint density at radius 3 is 2.25 bits per heavy atom. The molecule has 4 heteroatoms. The number of aryl methyl sites for hydroxylation is 1. The topological polar surface area (TPSA) is 58.2 Å². The van der Waals surface area contributed by atoms with Crippen LogP contribution >= 0.6 is 0 Å². The summed E-state index contributed by atoms with van der Waals surface area (Å²) in [6.07, 6.45) is 0.944. The average Bonchev–Trinajstić information content (AvgIpc) is 2.61. The lowest BCUT2D eigenvalue weighted by molar-refractivity contribution is -0.120. The molecular weight excluding hydrogens is 300 g/mol. The first-order chi connectivity index (χ1) is 11.6. The summed E-state index contributed by atoms with van der Waals surface area (Å²) in [4.78, 5) is 23.9. The zero-order valence-corrected chi connectivity index (χ0v) is 14.2. The highest BCUT2D eigenvalue weighted by molar-refractivity contribution is 5.96. The highest BCUT2D eigenvalue weighted by Gasteiger charge is 2.12. The van der Waals surface area contributed by atoms with E-state index in [2.05, 4.69) is 29.7 Å². The predicted molar refractivity (Wildman–Crippen MR) is 96.0 cm³/mol.